The van der Waals surface area contributed by atoms with Gasteiger partial charge in [0.1, 0.15) is 0 Å². The smallest absolute Gasteiger partial charge is 0.293 e. The number of nitrogens with one attached hydrogen (secondary N) is 1. The fourth-order valence-corrected chi connectivity index (χ4v) is 3.49. The number of amides is 2. The molecular formula is C24H23N5O4. The first-order valence-corrected chi connectivity index (χ1v) is 10.4. The lowest BCUT2D eigenvalue weighted by molar-refractivity contribution is 0.0751. The third-order valence-corrected chi connectivity index (χ3v) is 5.11. The molecule has 2 heterocycles. The summed E-state index contributed by atoms with van der Waals surface area (Å²) in [7, 11) is 3.16. The Morgan fingerprint density at radius 2 is 1.76 bits per heavy atom. The van der Waals surface area contributed by atoms with E-state index < -0.39 is 5.91 Å². The SMILES string of the molecule is COc1ccc(C2=NN(C(=O)c3cccc(NC(=O)c4ncccn4)c3)CCC2)cc1OC. The maximum atomic E-state index is 13.1. The molecule has 0 bridgehead atoms. The minimum atomic E-state index is -0.452. The number of hydrazone groups is 1. The van der Waals surface area contributed by atoms with Crippen molar-refractivity contribution in [1.82, 2.24) is 15.0 Å². The van der Waals surface area contributed by atoms with Crippen LogP contribution in [0.3, 0.4) is 0 Å². The van der Waals surface area contributed by atoms with E-state index >= 15 is 0 Å². The second kappa shape index (κ2) is 9.90. The van der Waals surface area contributed by atoms with E-state index in [1.165, 1.54) is 17.4 Å². The molecule has 2 amide bonds. The molecule has 0 aliphatic carbocycles. The highest BCUT2D eigenvalue weighted by molar-refractivity contribution is 6.04. The zero-order valence-electron chi connectivity index (χ0n) is 18.3. The third-order valence-electron chi connectivity index (χ3n) is 5.11. The van der Waals surface area contributed by atoms with E-state index in [0.29, 0.717) is 29.3 Å². The highest BCUT2D eigenvalue weighted by atomic mass is 16.5. The Labute approximate surface area is 191 Å². The molecule has 1 N–H and O–H groups in total. The van der Waals surface area contributed by atoms with Crippen molar-refractivity contribution in [2.75, 3.05) is 26.1 Å². The number of anilines is 1. The molecular weight excluding hydrogens is 422 g/mol. The second-order valence-electron chi connectivity index (χ2n) is 7.26. The van der Waals surface area contributed by atoms with Gasteiger partial charge in [0, 0.05) is 35.8 Å². The van der Waals surface area contributed by atoms with Gasteiger partial charge < -0.3 is 14.8 Å². The standard InChI is InChI=1S/C24H23N5O4/c1-32-20-10-9-16(15-21(20)33-2)19-8-4-13-29(28-19)24(31)17-6-3-7-18(14-17)27-23(30)22-25-11-5-12-26-22/h3,5-7,9-12,14-15H,4,8,13H2,1-2H3,(H,27,30). The lowest BCUT2D eigenvalue weighted by atomic mass is 10.0. The molecule has 1 aliphatic heterocycles. The van der Waals surface area contributed by atoms with E-state index in [4.69, 9.17) is 9.47 Å². The van der Waals surface area contributed by atoms with Gasteiger partial charge >= 0.3 is 0 Å². The number of carbonyl (C=O) groups is 2. The number of nitrogens with zero attached hydrogens (tertiary/aromatic N) is 4. The van der Waals surface area contributed by atoms with Gasteiger partial charge in [-0.25, -0.2) is 15.0 Å². The molecule has 2 aromatic carbocycles. The molecule has 0 radical (unpaired) electrons. The molecule has 0 unspecified atom stereocenters. The van der Waals surface area contributed by atoms with Crippen LogP contribution in [0.25, 0.3) is 0 Å². The summed E-state index contributed by atoms with van der Waals surface area (Å²) >= 11 is 0. The van der Waals surface area contributed by atoms with Crippen LogP contribution in [-0.4, -0.2) is 53.3 Å². The molecule has 1 aliphatic rings. The Kier molecular flexibility index (Phi) is 6.58. The Balaban J connectivity index is 1.53. The number of hydrogen-bond donors (Lipinski definition) is 1. The van der Waals surface area contributed by atoms with E-state index in [9.17, 15) is 9.59 Å². The molecule has 3 aromatic rings. The third kappa shape index (κ3) is 4.98. The van der Waals surface area contributed by atoms with E-state index in [2.05, 4.69) is 20.4 Å². The minimum absolute atomic E-state index is 0.0504. The van der Waals surface area contributed by atoms with Gasteiger partial charge in [-0.1, -0.05) is 6.07 Å². The van der Waals surface area contributed by atoms with E-state index in [0.717, 1.165) is 24.1 Å². The van der Waals surface area contributed by atoms with E-state index in [1.807, 2.05) is 18.2 Å². The van der Waals surface area contributed by atoms with Crippen LogP contribution in [0.5, 0.6) is 11.5 Å². The summed E-state index contributed by atoms with van der Waals surface area (Å²) in [5, 5.41) is 8.77. The van der Waals surface area contributed by atoms with Gasteiger partial charge in [0.25, 0.3) is 11.8 Å². The first-order chi connectivity index (χ1) is 16.1. The van der Waals surface area contributed by atoms with Crippen molar-refractivity contribution in [2.24, 2.45) is 5.10 Å². The molecule has 33 heavy (non-hydrogen) atoms. The van der Waals surface area contributed by atoms with Gasteiger partial charge in [-0.15, -0.1) is 0 Å². The zero-order chi connectivity index (χ0) is 23.2. The number of rotatable bonds is 6. The fraction of sp³-hybridized carbons (Fsp3) is 0.208. The topological polar surface area (TPSA) is 106 Å². The number of methoxy groups -OCH3 is 2. The second-order valence-corrected chi connectivity index (χ2v) is 7.26. The zero-order valence-corrected chi connectivity index (χ0v) is 18.3. The first-order valence-electron chi connectivity index (χ1n) is 10.4. The molecule has 9 heteroatoms. The Hall–Kier alpha value is -4.27. The maximum absolute atomic E-state index is 13.1. The van der Waals surface area contributed by atoms with Crippen molar-refractivity contribution in [1.29, 1.82) is 0 Å². The van der Waals surface area contributed by atoms with Crippen LogP contribution in [0.1, 0.15) is 39.4 Å². The molecule has 0 saturated heterocycles. The number of benzene rings is 2. The molecule has 0 atom stereocenters. The number of carbonyl (C=O) groups excluding carboxylic acids is 2. The Morgan fingerprint density at radius 1 is 0.970 bits per heavy atom. The predicted molar refractivity (Wildman–Crippen MR) is 123 cm³/mol. The quantitative estimate of drug-likeness (QED) is 0.623. The van der Waals surface area contributed by atoms with Crippen molar-refractivity contribution in [3.05, 3.63) is 77.9 Å². The van der Waals surface area contributed by atoms with Crippen LogP contribution < -0.4 is 14.8 Å². The molecule has 0 fully saturated rings. The van der Waals surface area contributed by atoms with Gasteiger partial charge in [-0.05, 0) is 55.3 Å². The molecule has 4 rings (SSSR count). The largest absolute Gasteiger partial charge is 0.493 e. The number of aromatic nitrogens is 2. The van der Waals surface area contributed by atoms with Crippen molar-refractivity contribution < 1.29 is 19.1 Å². The van der Waals surface area contributed by atoms with Gasteiger partial charge in [0.15, 0.2) is 11.5 Å². The molecule has 0 saturated carbocycles. The predicted octanol–water partition coefficient (Wildman–Crippen LogP) is 3.39. The summed E-state index contributed by atoms with van der Waals surface area (Å²) in [6.07, 6.45) is 4.51. The van der Waals surface area contributed by atoms with Crippen molar-refractivity contribution in [3.8, 4) is 11.5 Å². The van der Waals surface area contributed by atoms with Crippen LogP contribution in [-0.2, 0) is 0 Å². The molecule has 0 spiro atoms. The molecule has 9 nitrogen and oxygen atoms in total. The summed E-state index contributed by atoms with van der Waals surface area (Å²) in [5.74, 6) is 0.582. The van der Waals surface area contributed by atoms with Crippen LogP contribution in [0.15, 0.2) is 66.0 Å². The maximum Gasteiger partial charge on any atom is 0.293 e. The summed E-state index contributed by atoms with van der Waals surface area (Å²) in [5.41, 5.74) is 2.55. The number of hydrogen-bond acceptors (Lipinski definition) is 7. The van der Waals surface area contributed by atoms with Gasteiger partial charge in [0.2, 0.25) is 5.82 Å². The summed E-state index contributed by atoms with van der Waals surface area (Å²) < 4.78 is 10.7. The van der Waals surface area contributed by atoms with Crippen molar-refractivity contribution in [2.45, 2.75) is 12.8 Å². The highest BCUT2D eigenvalue weighted by Crippen LogP contribution is 2.29. The Bertz CT molecular complexity index is 1200. The van der Waals surface area contributed by atoms with Gasteiger partial charge in [-0.3, -0.25) is 9.59 Å². The molecule has 1 aromatic heterocycles. The van der Waals surface area contributed by atoms with Gasteiger partial charge in [-0.2, -0.15) is 5.10 Å². The number of ether oxygens (including phenoxy) is 2. The van der Waals surface area contributed by atoms with Gasteiger partial charge in [0.05, 0.1) is 19.9 Å². The summed E-state index contributed by atoms with van der Waals surface area (Å²) in [6, 6.07) is 13.9. The van der Waals surface area contributed by atoms with Crippen LogP contribution >= 0.6 is 0 Å². The normalized spacial score (nSPS) is 13.2. The Morgan fingerprint density at radius 3 is 2.52 bits per heavy atom. The lowest BCUT2D eigenvalue weighted by Crippen LogP contribution is -2.32. The van der Waals surface area contributed by atoms with Crippen LogP contribution in [0.4, 0.5) is 5.69 Å². The lowest BCUT2D eigenvalue weighted by Gasteiger charge is -2.24. The fourth-order valence-electron chi connectivity index (χ4n) is 3.49. The monoisotopic (exact) mass is 445 g/mol. The minimum Gasteiger partial charge on any atom is -0.493 e. The highest BCUT2D eigenvalue weighted by Gasteiger charge is 2.22. The van der Waals surface area contributed by atoms with E-state index in [-0.39, 0.29) is 11.7 Å². The summed E-state index contributed by atoms with van der Waals surface area (Å²) in [6.45, 7) is 0.504. The van der Waals surface area contributed by atoms with Crippen LogP contribution in [0, 0.1) is 0 Å². The van der Waals surface area contributed by atoms with Crippen molar-refractivity contribution >= 4 is 23.2 Å². The summed E-state index contributed by atoms with van der Waals surface area (Å²) in [4.78, 5) is 33.3. The molecule has 168 valence electrons. The van der Waals surface area contributed by atoms with E-state index in [1.54, 1.807) is 44.6 Å². The average molecular weight is 445 g/mol. The van der Waals surface area contributed by atoms with Crippen molar-refractivity contribution in [3.63, 3.8) is 0 Å². The average Bonchev–Trinajstić information content (AvgIpc) is 2.88. The first kappa shape index (κ1) is 21.9. The van der Waals surface area contributed by atoms with Crippen LogP contribution in [0.2, 0.25) is 0 Å².